The Morgan fingerprint density at radius 2 is 1.88 bits per heavy atom. The number of nitrogens with zero attached hydrogens (tertiary/aromatic N) is 2. The zero-order valence-corrected chi connectivity index (χ0v) is 14.5. The Balaban J connectivity index is 1.94. The van der Waals surface area contributed by atoms with Crippen molar-refractivity contribution in [3.63, 3.8) is 0 Å². The van der Waals surface area contributed by atoms with Gasteiger partial charge in [0, 0.05) is 44.4 Å². The second-order valence-electron chi connectivity index (χ2n) is 5.73. The predicted octanol–water partition coefficient (Wildman–Crippen LogP) is 1.89. The van der Waals surface area contributed by atoms with Crippen LogP contribution in [0.3, 0.4) is 0 Å². The molecule has 0 spiro atoms. The molecule has 1 N–H and O–H groups in total. The molecule has 0 bridgehead atoms. The first-order valence-electron chi connectivity index (χ1n) is 8.19. The van der Waals surface area contributed by atoms with E-state index >= 15 is 0 Å². The molecule has 6 nitrogen and oxygen atoms in total. The summed E-state index contributed by atoms with van der Waals surface area (Å²) in [6.45, 7) is 6.70. The third kappa shape index (κ3) is 4.50. The minimum absolute atomic E-state index is 0.0471. The Morgan fingerprint density at radius 3 is 2.50 bits per heavy atom. The van der Waals surface area contributed by atoms with E-state index in [4.69, 9.17) is 4.74 Å². The molecule has 1 aromatic carbocycles. The normalized spacial score (nSPS) is 14.8. The fourth-order valence-electron chi connectivity index (χ4n) is 2.64. The fraction of sp³-hybridized carbons (Fsp3) is 0.444. The molecule has 130 valence electrons. The van der Waals surface area contributed by atoms with Crippen LogP contribution in [0.5, 0.6) is 5.75 Å². The topological polar surface area (TPSA) is 61.9 Å². The Hall–Kier alpha value is -2.50. The molecule has 0 aliphatic carbocycles. The van der Waals surface area contributed by atoms with E-state index in [2.05, 4.69) is 5.32 Å². The molecule has 0 saturated carbocycles. The van der Waals surface area contributed by atoms with E-state index in [0.29, 0.717) is 32.7 Å². The van der Waals surface area contributed by atoms with Crippen LogP contribution in [-0.2, 0) is 4.79 Å². The molecular weight excluding hydrogens is 306 g/mol. The third-order valence-corrected chi connectivity index (χ3v) is 4.00. The first-order chi connectivity index (χ1) is 11.5. The molecule has 1 aliphatic heterocycles. The lowest BCUT2D eigenvalue weighted by Gasteiger charge is -2.34. The van der Waals surface area contributed by atoms with Crippen LogP contribution < -0.4 is 10.1 Å². The quantitative estimate of drug-likeness (QED) is 0.857. The summed E-state index contributed by atoms with van der Waals surface area (Å²) in [5.74, 6) is 0.694. The fourth-order valence-corrected chi connectivity index (χ4v) is 2.64. The molecule has 1 saturated heterocycles. The summed E-state index contributed by atoms with van der Waals surface area (Å²) in [4.78, 5) is 27.6. The number of methoxy groups -OCH3 is 1. The number of piperazine rings is 1. The maximum Gasteiger partial charge on any atom is 0.317 e. The molecule has 1 aliphatic rings. The molecule has 0 radical (unpaired) electrons. The monoisotopic (exact) mass is 331 g/mol. The van der Waals surface area contributed by atoms with Crippen LogP contribution in [0.1, 0.15) is 18.1 Å². The number of hydrogen-bond acceptors (Lipinski definition) is 3. The maximum atomic E-state index is 12.3. The molecule has 1 aromatic rings. The van der Waals surface area contributed by atoms with Crippen LogP contribution in [0.2, 0.25) is 0 Å². The smallest absolute Gasteiger partial charge is 0.317 e. The van der Waals surface area contributed by atoms with Crippen LogP contribution in [-0.4, -0.2) is 61.6 Å². The summed E-state index contributed by atoms with van der Waals surface area (Å²) in [6, 6.07) is 5.78. The summed E-state index contributed by atoms with van der Waals surface area (Å²) in [5, 5.41) is 2.78. The lowest BCUT2D eigenvalue weighted by molar-refractivity contribution is -0.127. The number of ether oxygens (including phenoxy) is 1. The highest BCUT2D eigenvalue weighted by molar-refractivity contribution is 5.92. The van der Waals surface area contributed by atoms with E-state index in [0.717, 1.165) is 16.9 Å². The number of urea groups is 1. The molecule has 6 heteroatoms. The van der Waals surface area contributed by atoms with E-state index in [9.17, 15) is 9.59 Å². The van der Waals surface area contributed by atoms with E-state index in [-0.39, 0.29) is 11.9 Å². The van der Waals surface area contributed by atoms with Gasteiger partial charge in [0.15, 0.2) is 0 Å². The number of aryl methyl sites for hydroxylation is 1. The minimum atomic E-state index is -0.0651. The van der Waals surface area contributed by atoms with Crippen LogP contribution in [0.4, 0.5) is 4.79 Å². The highest BCUT2D eigenvalue weighted by atomic mass is 16.5. The van der Waals surface area contributed by atoms with Gasteiger partial charge in [-0.15, -0.1) is 0 Å². The summed E-state index contributed by atoms with van der Waals surface area (Å²) in [7, 11) is 1.62. The third-order valence-electron chi connectivity index (χ3n) is 4.00. The maximum absolute atomic E-state index is 12.3. The first kappa shape index (κ1) is 17.8. The summed E-state index contributed by atoms with van der Waals surface area (Å²) in [5.41, 5.74) is 1.99. The van der Waals surface area contributed by atoms with Gasteiger partial charge < -0.3 is 19.9 Å². The van der Waals surface area contributed by atoms with Crippen LogP contribution in [0.15, 0.2) is 24.3 Å². The average molecular weight is 331 g/mol. The van der Waals surface area contributed by atoms with Gasteiger partial charge in [-0.3, -0.25) is 4.79 Å². The van der Waals surface area contributed by atoms with Gasteiger partial charge in [-0.2, -0.15) is 0 Å². The van der Waals surface area contributed by atoms with Gasteiger partial charge in [0.1, 0.15) is 5.75 Å². The van der Waals surface area contributed by atoms with Crippen molar-refractivity contribution in [3.05, 3.63) is 35.4 Å². The molecule has 0 unspecified atom stereocenters. The van der Waals surface area contributed by atoms with Crippen molar-refractivity contribution in [2.75, 3.05) is 39.8 Å². The highest BCUT2D eigenvalue weighted by Crippen LogP contribution is 2.21. The van der Waals surface area contributed by atoms with Crippen molar-refractivity contribution in [2.24, 2.45) is 0 Å². The number of carbonyl (C=O) groups is 2. The molecule has 0 atom stereocenters. The van der Waals surface area contributed by atoms with Crippen molar-refractivity contribution < 1.29 is 14.3 Å². The largest absolute Gasteiger partial charge is 0.496 e. The van der Waals surface area contributed by atoms with Crippen molar-refractivity contribution in [1.82, 2.24) is 15.1 Å². The molecule has 3 amide bonds. The van der Waals surface area contributed by atoms with E-state index in [1.54, 1.807) is 29.1 Å². The van der Waals surface area contributed by atoms with Crippen molar-refractivity contribution >= 4 is 18.0 Å². The van der Waals surface area contributed by atoms with Gasteiger partial charge in [-0.05, 0) is 32.1 Å². The Labute approximate surface area is 143 Å². The number of carbonyl (C=O) groups excluding carboxylic acids is 2. The Morgan fingerprint density at radius 1 is 1.21 bits per heavy atom. The number of hydrogen-bond donors (Lipinski definition) is 1. The average Bonchev–Trinajstić information content (AvgIpc) is 2.60. The van der Waals surface area contributed by atoms with Gasteiger partial charge >= 0.3 is 6.03 Å². The lowest BCUT2D eigenvalue weighted by Crippen LogP contribution is -2.52. The van der Waals surface area contributed by atoms with Crippen LogP contribution in [0, 0.1) is 6.92 Å². The molecule has 2 rings (SSSR count). The zero-order chi connectivity index (χ0) is 17.5. The van der Waals surface area contributed by atoms with E-state index in [1.165, 1.54) is 0 Å². The van der Waals surface area contributed by atoms with Gasteiger partial charge in [0.05, 0.1) is 7.11 Å². The Bertz CT molecular complexity index is 620. The zero-order valence-electron chi connectivity index (χ0n) is 14.5. The van der Waals surface area contributed by atoms with Gasteiger partial charge in [0.2, 0.25) is 5.91 Å². The van der Waals surface area contributed by atoms with Gasteiger partial charge in [0.25, 0.3) is 0 Å². The minimum Gasteiger partial charge on any atom is -0.496 e. The van der Waals surface area contributed by atoms with Gasteiger partial charge in [-0.25, -0.2) is 4.79 Å². The number of nitrogens with one attached hydrogen (secondary N) is 1. The molecule has 1 heterocycles. The standard InChI is InChI=1S/C18H25N3O3/c1-4-19-18(23)21-11-9-20(10-12-21)17(22)8-6-15-13-14(2)5-7-16(15)24-3/h5-8,13H,4,9-12H2,1-3H3,(H,19,23)/b8-6+. The van der Waals surface area contributed by atoms with Crippen LogP contribution in [0.25, 0.3) is 6.08 Å². The molecule has 0 aromatic heterocycles. The summed E-state index contributed by atoms with van der Waals surface area (Å²) in [6.07, 6.45) is 3.35. The SMILES string of the molecule is CCNC(=O)N1CCN(C(=O)/C=C/c2cc(C)ccc2OC)CC1. The number of amides is 3. The van der Waals surface area contributed by atoms with E-state index in [1.807, 2.05) is 32.0 Å². The van der Waals surface area contributed by atoms with Crippen molar-refractivity contribution in [2.45, 2.75) is 13.8 Å². The number of benzene rings is 1. The molecule has 24 heavy (non-hydrogen) atoms. The van der Waals surface area contributed by atoms with Gasteiger partial charge in [-0.1, -0.05) is 11.6 Å². The first-order valence-corrected chi connectivity index (χ1v) is 8.19. The predicted molar refractivity (Wildman–Crippen MR) is 94.0 cm³/mol. The summed E-state index contributed by atoms with van der Waals surface area (Å²) < 4.78 is 5.31. The molecule has 1 fully saturated rings. The number of rotatable bonds is 4. The lowest BCUT2D eigenvalue weighted by atomic mass is 10.1. The van der Waals surface area contributed by atoms with Crippen LogP contribution >= 0.6 is 0 Å². The summed E-state index contributed by atoms with van der Waals surface area (Å²) >= 11 is 0. The molecular formula is C18H25N3O3. The Kier molecular flexibility index (Phi) is 6.23. The van der Waals surface area contributed by atoms with Crippen molar-refractivity contribution in [1.29, 1.82) is 0 Å². The van der Waals surface area contributed by atoms with Crippen molar-refractivity contribution in [3.8, 4) is 5.75 Å². The second kappa shape index (κ2) is 8.38. The second-order valence-corrected chi connectivity index (χ2v) is 5.73. The van der Waals surface area contributed by atoms with E-state index < -0.39 is 0 Å². The highest BCUT2D eigenvalue weighted by Gasteiger charge is 2.22.